The Bertz CT molecular complexity index is 426. The molecule has 0 spiro atoms. The molecule has 110 valence electrons. The number of hydrogen-bond acceptors (Lipinski definition) is 3. The Hall–Kier alpha value is -1.46. The minimum atomic E-state index is -0.721. The van der Waals surface area contributed by atoms with Gasteiger partial charge in [0.2, 0.25) is 5.91 Å². The maximum atomic E-state index is 13.8. The number of unbranched alkanes of at least 4 members (excludes halogenated alkanes) is 1. The number of piperazine rings is 1. The normalized spacial score (nSPS) is 19.8. The fourth-order valence-electron chi connectivity index (χ4n) is 2.36. The molecule has 2 rings (SSSR count). The molecule has 1 aromatic carbocycles. The number of amides is 1. The van der Waals surface area contributed by atoms with Crippen molar-refractivity contribution in [2.45, 2.75) is 25.8 Å². The number of benzene rings is 1. The Labute approximate surface area is 119 Å². The van der Waals surface area contributed by atoms with Gasteiger partial charge in [0.1, 0.15) is 6.04 Å². The van der Waals surface area contributed by atoms with Crippen LogP contribution in [0.4, 0.5) is 10.2 Å². The van der Waals surface area contributed by atoms with Gasteiger partial charge >= 0.3 is 0 Å². The van der Waals surface area contributed by atoms with E-state index < -0.39 is 6.04 Å². The fourth-order valence-corrected chi connectivity index (χ4v) is 2.36. The van der Waals surface area contributed by atoms with Gasteiger partial charge in [-0.25, -0.2) is 0 Å². The van der Waals surface area contributed by atoms with Crippen LogP contribution in [0.3, 0.4) is 0 Å². The fraction of sp³-hybridized carbons (Fsp3) is 0.533. The molecule has 1 aliphatic heterocycles. The van der Waals surface area contributed by atoms with Gasteiger partial charge in [0.25, 0.3) is 0 Å². The standard InChI is InChI=1S/C15H22FN3O/c1-2-3-10-18(13-7-5-4-6-8-13)15(20)14-12-17-9-11-19(14)16/h4-8,14,17H,2-3,9-12H2,1H3. The maximum Gasteiger partial charge on any atom is 0.248 e. The van der Waals surface area contributed by atoms with Crippen molar-refractivity contribution in [3.8, 4) is 0 Å². The molecule has 5 heteroatoms. The van der Waals surface area contributed by atoms with Gasteiger partial charge in [-0.2, -0.15) is 0 Å². The second kappa shape index (κ2) is 7.36. The predicted octanol–water partition coefficient (Wildman–Crippen LogP) is 1.98. The number of anilines is 1. The van der Waals surface area contributed by atoms with Crippen LogP contribution in [0.2, 0.25) is 0 Å². The highest BCUT2D eigenvalue weighted by Gasteiger charge is 2.32. The molecule has 20 heavy (non-hydrogen) atoms. The van der Waals surface area contributed by atoms with Gasteiger partial charge in [-0.3, -0.25) is 4.79 Å². The molecule has 1 unspecified atom stereocenters. The van der Waals surface area contributed by atoms with E-state index in [2.05, 4.69) is 12.2 Å². The van der Waals surface area contributed by atoms with E-state index in [1.165, 1.54) is 0 Å². The summed E-state index contributed by atoms with van der Waals surface area (Å²) in [5.74, 6) is -0.167. The molecule has 1 heterocycles. The molecule has 0 aromatic heterocycles. The summed E-state index contributed by atoms with van der Waals surface area (Å²) >= 11 is 0. The zero-order valence-corrected chi connectivity index (χ0v) is 11.9. The van der Waals surface area contributed by atoms with E-state index >= 15 is 0 Å². The highest BCUT2D eigenvalue weighted by Crippen LogP contribution is 2.18. The number of nitrogens with one attached hydrogen (secondary N) is 1. The monoisotopic (exact) mass is 279 g/mol. The summed E-state index contributed by atoms with van der Waals surface area (Å²) in [6.07, 6.45) is 1.91. The Morgan fingerprint density at radius 2 is 2.20 bits per heavy atom. The van der Waals surface area contributed by atoms with Crippen molar-refractivity contribution in [3.05, 3.63) is 30.3 Å². The van der Waals surface area contributed by atoms with Crippen molar-refractivity contribution in [1.82, 2.24) is 10.4 Å². The zero-order chi connectivity index (χ0) is 14.4. The van der Waals surface area contributed by atoms with Crippen LogP contribution >= 0.6 is 0 Å². The van der Waals surface area contributed by atoms with Crippen molar-refractivity contribution in [1.29, 1.82) is 0 Å². The second-order valence-corrected chi connectivity index (χ2v) is 5.02. The third kappa shape index (κ3) is 3.55. The predicted molar refractivity (Wildman–Crippen MR) is 78.2 cm³/mol. The number of carbonyl (C=O) groups is 1. The van der Waals surface area contributed by atoms with E-state index in [1.807, 2.05) is 30.3 Å². The number of halogens is 1. The first-order chi connectivity index (χ1) is 9.74. The van der Waals surface area contributed by atoms with E-state index in [0.717, 1.165) is 18.5 Å². The van der Waals surface area contributed by atoms with Crippen LogP contribution in [0.5, 0.6) is 0 Å². The van der Waals surface area contributed by atoms with Gasteiger partial charge in [0, 0.05) is 31.9 Å². The van der Waals surface area contributed by atoms with Gasteiger partial charge < -0.3 is 10.2 Å². The number of carbonyl (C=O) groups excluding carboxylic acids is 1. The van der Waals surface area contributed by atoms with Crippen molar-refractivity contribution >= 4 is 11.6 Å². The molecular weight excluding hydrogens is 257 g/mol. The molecule has 1 aliphatic rings. The lowest BCUT2D eigenvalue weighted by molar-refractivity contribution is -0.133. The smallest absolute Gasteiger partial charge is 0.248 e. The van der Waals surface area contributed by atoms with Crippen molar-refractivity contribution in [2.75, 3.05) is 31.1 Å². The molecule has 4 nitrogen and oxygen atoms in total. The highest BCUT2D eigenvalue weighted by molar-refractivity contribution is 5.97. The van der Waals surface area contributed by atoms with Gasteiger partial charge in [-0.1, -0.05) is 31.5 Å². The van der Waals surface area contributed by atoms with Crippen LogP contribution in [0.15, 0.2) is 30.3 Å². The number of nitrogens with zero attached hydrogens (tertiary/aromatic N) is 2. The average molecular weight is 279 g/mol. The molecule has 0 bridgehead atoms. The van der Waals surface area contributed by atoms with Gasteiger partial charge in [-0.05, 0) is 18.6 Å². The molecular formula is C15H22FN3O. The molecule has 0 aliphatic carbocycles. The van der Waals surface area contributed by atoms with Crippen LogP contribution < -0.4 is 10.2 Å². The minimum Gasteiger partial charge on any atom is -0.313 e. The van der Waals surface area contributed by atoms with Crippen molar-refractivity contribution in [3.63, 3.8) is 0 Å². The molecule has 1 atom stereocenters. The van der Waals surface area contributed by atoms with E-state index in [1.54, 1.807) is 4.90 Å². The molecule has 1 aromatic rings. The maximum absolute atomic E-state index is 13.8. The van der Waals surface area contributed by atoms with Crippen LogP contribution in [-0.2, 0) is 4.79 Å². The molecule has 1 N–H and O–H groups in total. The number of rotatable bonds is 5. The van der Waals surface area contributed by atoms with Gasteiger partial charge in [0.15, 0.2) is 0 Å². The summed E-state index contributed by atoms with van der Waals surface area (Å²) in [5.41, 5.74) is 0.838. The van der Waals surface area contributed by atoms with Gasteiger partial charge in [0.05, 0.1) is 0 Å². The summed E-state index contributed by atoms with van der Waals surface area (Å²) in [5, 5.41) is 3.73. The Kier molecular flexibility index (Phi) is 5.49. The molecule has 1 amide bonds. The summed E-state index contributed by atoms with van der Waals surface area (Å²) in [4.78, 5) is 14.3. The number of para-hydroxylation sites is 1. The summed E-state index contributed by atoms with van der Waals surface area (Å²) < 4.78 is 13.8. The molecule has 0 saturated carbocycles. The van der Waals surface area contributed by atoms with Crippen LogP contribution in [0.1, 0.15) is 19.8 Å². The molecule has 1 fully saturated rings. The van der Waals surface area contributed by atoms with Crippen LogP contribution in [0.25, 0.3) is 0 Å². The Morgan fingerprint density at radius 1 is 1.45 bits per heavy atom. The van der Waals surface area contributed by atoms with Gasteiger partial charge in [-0.15, -0.1) is 9.60 Å². The molecule has 0 radical (unpaired) electrons. The first-order valence-corrected chi connectivity index (χ1v) is 7.23. The average Bonchev–Trinajstić information content (AvgIpc) is 2.49. The van der Waals surface area contributed by atoms with E-state index in [9.17, 15) is 9.28 Å². The third-order valence-electron chi connectivity index (χ3n) is 3.53. The third-order valence-corrected chi connectivity index (χ3v) is 3.53. The van der Waals surface area contributed by atoms with E-state index in [0.29, 0.717) is 24.8 Å². The first kappa shape index (κ1) is 14.9. The summed E-state index contributed by atoms with van der Waals surface area (Å²) in [6, 6.07) is 8.77. The summed E-state index contributed by atoms with van der Waals surface area (Å²) in [6.45, 7) is 3.92. The van der Waals surface area contributed by atoms with E-state index in [-0.39, 0.29) is 12.5 Å². The highest BCUT2D eigenvalue weighted by atomic mass is 19.2. The second-order valence-electron chi connectivity index (χ2n) is 5.02. The Balaban J connectivity index is 2.15. The van der Waals surface area contributed by atoms with Crippen molar-refractivity contribution < 1.29 is 9.28 Å². The Morgan fingerprint density at radius 3 is 2.85 bits per heavy atom. The van der Waals surface area contributed by atoms with Crippen LogP contribution in [0, 0.1) is 0 Å². The van der Waals surface area contributed by atoms with E-state index in [4.69, 9.17) is 0 Å². The lowest BCUT2D eigenvalue weighted by atomic mass is 10.1. The largest absolute Gasteiger partial charge is 0.313 e. The summed E-state index contributed by atoms with van der Waals surface area (Å²) in [7, 11) is 0. The van der Waals surface area contributed by atoms with Crippen molar-refractivity contribution in [2.24, 2.45) is 0 Å². The SMILES string of the molecule is CCCCN(C(=O)C1CNCCN1F)c1ccccc1. The lowest BCUT2D eigenvalue weighted by Crippen LogP contribution is -2.56. The minimum absolute atomic E-state index is 0.167. The first-order valence-electron chi connectivity index (χ1n) is 7.23. The lowest BCUT2D eigenvalue weighted by Gasteiger charge is -2.33. The van der Waals surface area contributed by atoms with Crippen LogP contribution in [-0.4, -0.2) is 43.3 Å². The zero-order valence-electron chi connectivity index (χ0n) is 11.9. The topological polar surface area (TPSA) is 35.6 Å². The quantitative estimate of drug-likeness (QED) is 0.837. The molecule has 1 saturated heterocycles. The number of hydrogen-bond donors (Lipinski definition) is 1.